The molecule has 2 heterocycles. The summed E-state index contributed by atoms with van der Waals surface area (Å²) in [6, 6.07) is 18.1. The number of aromatic amines is 1. The van der Waals surface area contributed by atoms with E-state index in [4.69, 9.17) is 0 Å². The normalized spacial score (nSPS) is 22.4. The molecule has 1 aromatic heterocycles. The van der Waals surface area contributed by atoms with Gasteiger partial charge < -0.3 is 15.0 Å². The quantitative estimate of drug-likeness (QED) is 0.427. The Balaban J connectivity index is 1.57. The first-order chi connectivity index (χ1) is 17.6. The second-order valence-electron chi connectivity index (χ2n) is 10.4. The Morgan fingerprint density at radius 1 is 0.972 bits per heavy atom. The van der Waals surface area contributed by atoms with E-state index in [-0.39, 0.29) is 11.9 Å². The van der Waals surface area contributed by atoms with Crippen LogP contribution >= 0.6 is 0 Å². The number of fused-ring (bicyclic) bond motifs is 1. The van der Waals surface area contributed by atoms with Crippen LogP contribution in [0, 0.1) is 5.92 Å². The Bertz CT molecular complexity index is 1130. The van der Waals surface area contributed by atoms with Crippen molar-refractivity contribution in [2.75, 3.05) is 0 Å². The van der Waals surface area contributed by atoms with Gasteiger partial charge in [-0.15, -0.1) is 0 Å². The van der Waals surface area contributed by atoms with Crippen LogP contribution in [-0.4, -0.2) is 37.9 Å². The lowest BCUT2D eigenvalue weighted by Crippen LogP contribution is -2.54. The van der Waals surface area contributed by atoms with Crippen LogP contribution in [-0.2, 0) is 9.59 Å². The van der Waals surface area contributed by atoms with E-state index >= 15 is 0 Å². The summed E-state index contributed by atoms with van der Waals surface area (Å²) < 4.78 is 0. The van der Waals surface area contributed by atoms with E-state index in [1.165, 1.54) is 32.1 Å². The van der Waals surface area contributed by atoms with Crippen molar-refractivity contribution >= 4 is 11.9 Å². The molecule has 36 heavy (non-hydrogen) atoms. The standard InChI is InChI=1S/C30H35N3O3/c1-20-26-27(32-19-31-26)24(18-17-21-11-5-2-6-12-21)33(28(20)30(35)36)29(34)25(22-13-7-3-8-14-22)23-15-9-4-10-16-23/h3-4,7-10,13-16,19-21,24-25,28H,2,5-6,11-12,17-18H2,1H3,(H,31,32)(H,35,36). The topological polar surface area (TPSA) is 86.3 Å². The predicted molar refractivity (Wildman–Crippen MR) is 139 cm³/mol. The van der Waals surface area contributed by atoms with Crippen molar-refractivity contribution in [3.8, 4) is 0 Å². The van der Waals surface area contributed by atoms with Gasteiger partial charge in [-0.1, -0.05) is 99.7 Å². The molecule has 1 fully saturated rings. The molecule has 1 saturated carbocycles. The highest BCUT2D eigenvalue weighted by molar-refractivity contribution is 5.92. The number of carboxylic acids is 1. The van der Waals surface area contributed by atoms with Crippen molar-refractivity contribution in [1.82, 2.24) is 14.9 Å². The van der Waals surface area contributed by atoms with E-state index in [0.29, 0.717) is 5.92 Å². The zero-order valence-electron chi connectivity index (χ0n) is 20.8. The first kappa shape index (κ1) is 24.3. The Labute approximate surface area is 212 Å². The maximum Gasteiger partial charge on any atom is 0.327 e. The minimum atomic E-state index is -0.980. The van der Waals surface area contributed by atoms with Crippen LogP contribution in [0.25, 0.3) is 0 Å². The maximum absolute atomic E-state index is 14.6. The molecule has 6 heteroatoms. The fraction of sp³-hybridized carbons (Fsp3) is 0.433. The molecular weight excluding hydrogens is 450 g/mol. The maximum atomic E-state index is 14.6. The van der Waals surface area contributed by atoms with Crippen LogP contribution in [0.1, 0.15) is 92.3 Å². The molecule has 1 aliphatic heterocycles. The van der Waals surface area contributed by atoms with E-state index in [2.05, 4.69) is 9.97 Å². The van der Waals surface area contributed by atoms with Gasteiger partial charge in [-0.25, -0.2) is 9.78 Å². The van der Waals surface area contributed by atoms with E-state index < -0.39 is 23.8 Å². The van der Waals surface area contributed by atoms with Crippen LogP contribution in [0.5, 0.6) is 0 Å². The highest BCUT2D eigenvalue weighted by Crippen LogP contribution is 2.44. The van der Waals surface area contributed by atoms with Crippen molar-refractivity contribution in [2.24, 2.45) is 5.92 Å². The number of imidazole rings is 1. The number of hydrogen-bond donors (Lipinski definition) is 2. The van der Waals surface area contributed by atoms with Crippen molar-refractivity contribution in [3.63, 3.8) is 0 Å². The van der Waals surface area contributed by atoms with Gasteiger partial charge in [0.15, 0.2) is 0 Å². The van der Waals surface area contributed by atoms with Gasteiger partial charge in [-0.3, -0.25) is 4.79 Å². The van der Waals surface area contributed by atoms with E-state index in [0.717, 1.165) is 35.4 Å². The van der Waals surface area contributed by atoms with Crippen molar-refractivity contribution < 1.29 is 14.7 Å². The third kappa shape index (κ3) is 4.69. The summed E-state index contributed by atoms with van der Waals surface area (Å²) in [7, 11) is 0. The molecule has 2 aliphatic rings. The number of aromatic nitrogens is 2. The molecule has 2 aromatic carbocycles. The Kier molecular flexibility index (Phi) is 7.21. The third-order valence-corrected chi connectivity index (χ3v) is 8.17. The van der Waals surface area contributed by atoms with Gasteiger partial charge in [0.1, 0.15) is 6.04 Å². The molecule has 188 valence electrons. The number of carbonyl (C=O) groups excluding carboxylic acids is 1. The van der Waals surface area contributed by atoms with Crippen molar-refractivity contribution in [2.45, 2.75) is 75.8 Å². The fourth-order valence-corrected chi connectivity index (χ4v) is 6.36. The predicted octanol–water partition coefficient (Wildman–Crippen LogP) is 6.04. The Morgan fingerprint density at radius 2 is 1.58 bits per heavy atom. The molecule has 2 N–H and O–H groups in total. The number of carbonyl (C=O) groups is 2. The van der Waals surface area contributed by atoms with Crippen molar-refractivity contribution in [3.05, 3.63) is 89.5 Å². The number of amides is 1. The molecule has 0 bridgehead atoms. The van der Waals surface area contributed by atoms with Gasteiger partial charge in [0, 0.05) is 5.92 Å². The number of nitrogens with one attached hydrogen (secondary N) is 1. The molecule has 1 aliphatic carbocycles. The van der Waals surface area contributed by atoms with Crippen LogP contribution < -0.4 is 0 Å². The summed E-state index contributed by atoms with van der Waals surface area (Å²) in [5, 5.41) is 10.4. The zero-order chi connectivity index (χ0) is 25.1. The molecular formula is C30H35N3O3. The van der Waals surface area contributed by atoms with Crippen molar-refractivity contribution in [1.29, 1.82) is 0 Å². The molecule has 0 saturated heterocycles. The van der Waals surface area contributed by atoms with Crippen LogP contribution in [0.4, 0.5) is 0 Å². The van der Waals surface area contributed by atoms with Gasteiger partial charge in [0.05, 0.1) is 29.7 Å². The highest BCUT2D eigenvalue weighted by atomic mass is 16.4. The minimum absolute atomic E-state index is 0.166. The number of benzene rings is 2. The summed E-state index contributed by atoms with van der Waals surface area (Å²) in [6.45, 7) is 1.87. The van der Waals surface area contributed by atoms with E-state index in [9.17, 15) is 14.7 Å². The highest BCUT2D eigenvalue weighted by Gasteiger charge is 2.48. The molecule has 1 amide bonds. The summed E-state index contributed by atoms with van der Waals surface area (Å²) >= 11 is 0. The first-order valence-electron chi connectivity index (χ1n) is 13.2. The van der Waals surface area contributed by atoms with Gasteiger partial charge in [-0.05, 0) is 29.9 Å². The van der Waals surface area contributed by atoms with Gasteiger partial charge in [0.2, 0.25) is 5.91 Å². The molecule has 0 radical (unpaired) electrons. The summed E-state index contributed by atoms with van der Waals surface area (Å²) in [6.07, 6.45) is 9.60. The lowest BCUT2D eigenvalue weighted by Gasteiger charge is -2.44. The summed E-state index contributed by atoms with van der Waals surface area (Å²) in [4.78, 5) is 36.8. The largest absolute Gasteiger partial charge is 0.480 e. The molecule has 5 rings (SSSR count). The van der Waals surface area contributed by atoms with E-state index in [1.807, 2.05) is 67.6 Å². The van der Waals surface area contributed by atoms with Gasteiger partial charge in [0.25, 0.3) is 0 Å². The fourth-order valence-electron chi connectivity index (χ4n) is 6.36. The molecule has 3 unspecified atom stereocenters. The SMILES string of the molecule is CC1c2nc[nH]c2C(CCC2CCCCC2)N(C(=O)C(c2ccccc2)c2ccccc2)C1C(=O)O. The second-order valence-corrected chi connectivity index (χ2v) is 10.4. The summed E-state index contributed by atoms with van der Waals surface area (Å²) in [5.41, 5.74) is 3.40. The van der Waals surface area contributed by atoms with Crippen LogP contribution in [0.2, 0.25) is 0 Å². The van der Waals surface area contributed by atoms with Crippen LogP contribution in [0.15, 0.2) is 67.0 Å². The number of rotatable bonds is 7. The molecule has 3 atom stereocenters. The lowest BCUT2D eigenvalue weighted by atomic mass is 9.80. The van der Waals surface area contributed by atoms with Gasteiger partial charge in [-0.2, -0.15) is 0 Å². The lowest BCUT2D eigenvalue weighted by molar-refractivity contribution is -0.155. The third-order valence-electron chi connectivity index (χ3n) is 8.17. The first-order valence-corrected chi connectivity index (χ1v) is 13.2. The Hall–Kier alpha value is -3.41. The van der Waals surface area contributed by atoms with Crippen LogP contribution in [0.3, 0.4) is 0 Å². The zero-order valence-corrected chi connectivity index (χ0v) is 20.8. The number of nitrogens with zero attached hydrogens (tertiary/aromatic N) is 2. The monoisotopic (exact) mass is 485 g/mol. The minimum Gasteiger partial charge on any atom is -0.480 e. The summed E-state index contributed by atoms with van der Waals surface area (Å²) in [5.74, 6) is -1.51. The molecule has 6 nitrogen and oxygen atoms in total. The second kappa shape index (κ2) is 10.7. The average molecular weight is 486 g/mol. The molecule has 3 aromatic rings. The molecule has 0 spiro atoms. The van der Waals surface area contributed by atoms with E-state index in [1.54, 1.807) is 11.2 Å². The number of hydrogen-bond acceptors (Lipinski definition) is 3. The Morgan fingerprint density at radius 3 is 2.17 bits per heavy atom. The average Bonchev–Trinajstić information content (AvgIpc) is 3.40. The number of aliphatic carboxylic acids is 1. The van der Waals surface area contributed by atoms with Gasteiger partial charge >= 0.3 is 5.97 Å². The number of carboxylic acid groups (broad SMARTS) is 1. The number of H-pyrrole nitrogens is 1. The smallest absolute Gasteiger partial charge is 0.327 e.